The summed E-state index contributed by atoms with van der Waals surface area (Å²) in [6, 6.07) is 16.0. The smallest absolute Gasteiger partial charge is 0.265 e. The summed E-state index contributed by atoms with van der Waals surface area (Å²) < 4.78 is 0. The number of aryl methyl sites for hydroxylation is 1. The van der Waals surface area contributed by atoms with Crippen molar-refractivity contribution < 1.29 is 4.79 Å². The number of thiophene rings is 1. The topological polar surface area (TPSA) is 45.2 Å². The minimum absolute atomic E-state index is 0.0664. The van der Waals surface area contributed by atoms with Crippen LogP contribution in [0.5, 0.6) is 0 Å². The fourth-order valence-corrected chi connectivity index (χ4v) is 4.76. The Balaban J connectivity index is 1.52. The zero-order chi connectivity index (χ0) is 17.9. The minimum atomic E-state index is -0.0664. The molecule has 1 aliphatic heterocycles. The van der Waals surface area contributed by atoms with E-state index < -0.39 is 0 Å². The van der Waals surface area contributed by atoms with Gasteiger partial charge in [0.1, 0.15) is 5.03 Å². The molecule has 2 aromatic heterocycles. The van der Waals surface area contributed by atoms with E-state index in [-0.39, 0.29) is 5.91 Å². The summed E-state index contributed by atoms with van der Waals surface area (Å²) in [6.07, 6.45) is 2.82. The fourth-order valence-electron chi connectivity index (χ4n) is 2.89. The third-order valence-electron chi connectivity index (χ3n) is 4.30. The van der Waals surface area contributed by atoms with Crippen molar-refractivity contribution in [2.75, 3.05) is 22.5 Å². The number of hydrogen-bond acceptors (Lipinski definition) is 5. The monoisotopic (exact) mass is 381 g/mol. The first-order chi connectivity index (χ1) is 12.7. The fraction of sp³-hybridized carbons (Fsp3) is 0.200. The number of rotatable bonds is 4. The van der Waals surface area contributed by atoms with E-state index in [1.807, 2.05) is 48.7 Å². The van der Waals surface area contributed by atoms with Crippen LogP contribution < -0.4 is 10.2 Å². The second-order valence-electron chi connectivity index (χ2n) is 5.97. The van der Waals surface area contributed by atoms with Crippen LogP contribution in [0.1, 0.15) is 22.2 Å². The molecule has 0 bridgehead atoms. The van der Waals surface area contributed by atoms with E-state index in [2.05, 4.69) is 28.2 Å². The van der Waals surface area contributed by atoms with Crippen molar-refractivity contribution in [3.8, 4) is 0 Å². The second kappa shape index (κ2) is 7.51. The minimum Gasteiger partial charge on any atom is -0.330 e. The van der Waals surface area contributed by atoms with E-state index in [4.69, 9.17) is 0 Å². The molecule has 0 fully saturated rings. The Hall–Kier alpha value is -2.31. The largest absolute Gasteiger partial charge is 0.330 e. The molecule has 0 aliphatic carbocycles. The zero-order valence-electron chi connectivity index (χ0n) is 14.4. The molecule has 4 rings (SSSR count). The number of nitrogens with zero attached hydrogens (tertiary/aromatic N) is 2. The first kappa shape index (κ1) is 17.1. The van der Waals surface area contributed by atoms with E-state index in [0.717, 1.165) is 40.1 Å². The Bertz CT molecular complexity index is 921. The Morgan fingerprint density at radius 3 is 2.85 bits per heavy atom. The number of pyridine rings is 1. The van der Waals surface area contributed by atoms with Gasteiger partial charge in [-0.05, 0) is 48.4 Å². The molecule has 3 heterocycles. The van der Waals surface area contributed by atoms with E-state index in [1.54, 1.807) is 11.8 Å². The van der Waals surface area contributed by atoms with Crippen LogP contribution in [0.4, 0.5) is 16.4 Å². The van der Waals surface area contributed by atoms with Crippen LogP contribution in [-0.2, 0) is 6.42 Å². The number of aromatic nitrogens is 1. The molecule has 3 aromatic rings. The summed E-state index contributed by atoms with van der Waals surface area (Å²) in [5.41, 5.74) is 3.20. The number of thioether (sulfide) groups is 1. The van der Waals surface area contributed by atoms with Gasteiger partial charge in [0.25, 0.3) is 5.91 Å². The van der Waals surface area contributed by atoms with Crippen molar-refractivity contribution in [2.45, 2.75) is 18.4 Å². The SMILES string of the molecule is CCc1ccc(NC(=O)c2ccc(N3CCSc4ncccc43)s2)cc1. The molecule has 0 spiro atoms. The van der Waals surface area contributed by atoms with Crippen LogP contribution in [0.3, 0.4) is 0 Å². The molecule has 0 unspecified atom stereocenters. The number of fused-ring (bicyclic) bond motifs is 1. The normalized spacial score (nSPS) is 13.3. The first-order valence-corrected chi connectivity index (χ1v) is 10.4. The molecule has 4 nitrogen and oxygen atoms in total. The van der Waals surface area contributed by atoms with Gasteiger partial charge < -0.3 is 10.2 Å². The highest BCUT2D eigenvalue weighted by atomic mass is 32.2. The summed E-state index contributed by atoms with van der Waals surface area (Å²) in [5.74, 6) is 0.927. The van der Waals surface area contributed by atoms with Crippen molar-refractivity contribution in [1.29, 1.82) is 0 Å². The van der Waals surface area contributed by atoms with Crippen LogP contribution >= 0.6 is 23.1 Å². The highest BCUT2D eigenvalue weighted by Gasteiger charge is 2.21. The average molecular weight is 382 g/mol. The standard InChI is InChI=1S/C20H19N3OS2/c1-2-14-5-7-15(8-6-14)22-19(24)17-9-10-18(26-17)23-12-13-25-20-16(23)4-3-11-21-20/h3-11H,2,12-13H2,1H3,(H,22,24). The molecular formula is C20H19N3OS2. The number of hydrogen-bond donors (Lipinski definition) is 1. The molecule has 1 aliphatic rings. The number of amides is 1. The van der Waals surface area contributed by atoms with Crippen molar-refractivity contribution in [3.63, 3.8) is 0 Å². The number of benzene rings is 1. The molecule has 6 heteroatoms. The van der Waals surface area contributed by atoms with Crippen LogP contribution in [0.25, 0.3) is 0 Å². The van der Waals surface area contributed by atoms with Crippen LogP contribution in [0, 0.1) is 0 Å². The summed E-state index contributed by atoms with van der Waals surface area (Å²) in [7, 11) is 0. The van der Waals surface area contributed by atoms with Gasteiger partial charge in [0.15, 0.2) is 0 Å². The van der Waals surface area contributed by atoms with Crippen molar-refractivity contribution in [2.24, 2.45) is 0 Å². The summed E-state index contributed by atoms with van der Waals surface area (Å²) >= 11 is 3.29. The lowest BCUT2D eigenvalue weighted by atomic mass is 10.1. The highest BCUT2D eigenvalue weighted by Crippen LogP contribution is 2.40. The van der Waals surface area contributed by atoms with Crippen LogP contribution in [0.2, 0.25) is 0 Å². The van der Waals surface area contributed by atoms with Gasteiger partial charge in [0, 0.05) is 24.2 Å². The number of carbonyl (C=O) groups is 1. The highest BCUT2D eigenvalue weighted by molar-refractivity contribution is 7.99. The van der Waals surface area contributed by atoms with Gasteiger partial charge in [-0.3, -0.25) is 4.79 Å². The number of carbonyl (C=O) groups excluding carboxylic acids is 1. The van der Waals surface area contributed by atoms with Crippen LogP contribution in [0.15, 0.2) is 59.8 Å². The lowest BCUT2D eigenvalue weighted by Crippen LogP contribution is -2.23. The number of anilines is 3. The molecule has 0 atom stereocenters. The van der Waals surface area contributed by atoms with Gasteiger partial charge in [0.2, 0.25) is 0 Å². The van der Waals surface area contributed by atoms with Crippen LogP contribution in [-0.4, -0.2) is 23.2 Å². The number of nitrogens with one attached hydrogen (secondary N) is 1. The molecule has 0 saturated heterocycles. The molecule has 26 heavy (non-hydrogen) atoms. The summed E-state index contributed by atoms with van der Waals surface area (Å²) in [4.78, 5) is 20.0. The molecule has 132 valence electrons. The zero-order valence-corrected chi connectivity index (χ0v) is 16.1. The van der Waals surface area contributed by atoms with Crippen molar-refractivity contribution in [1.82, 2.24) is 4.98 Å². The predicted octanol–water partition coefficient (Wildman–Crippen LogP) is 5.20. The molecular weight excluding hydrogens is 362 g/mol. The summed E-state index contributed by atoms with van der Waals surface area (Å²) in [6.45, 7) is 3.04. The lowest BCUT2D eigenvalue weighted by molar-refractivity contribution is 0.103. The van der Waals surface area contributed by atoms with E-state index in [9.17, 15) is 4.79 Å². The maximum Gasteiger partial charge on any atom is 0.265 e. The van der Waals surface area contributed by atoms with E-state index >= 15 is 0 Å². The van der Waals surface area contributed by atoms with Crippen molar-refractivity contribution in [3.05, 3.63) is 65.2 Å². The molecule has 1 amide bonds. The lowest BCUT2D eigenvalue weighted by Gasteiger charge is -2.28. The second-order valence-corrected chi connectivity index (χ2v) is 8.12. The van der Waals surface area contributed by atoms with Gasteiger partial charge in [-0.15, -0.1) is 23.1 Å². The third kappa shape index (κ3) is 3.48. The van der Waals surface area contributed by atoms with Gasteiger partial charge in [0.05, 0.1) is 15.6 Å². The molecule has 0 radical (unpaired) electrons. The Labute approximate surface area is 161 Å². The molecule has 1 aromatic carbocycles. The summed E-state index contributed by atoms with van der Waals surface area (Å²) in [5, 5.41) is 5.11. The van der Waals surface area contributed by atoms with E-state index in [1.165, 1.54) is 16.9 Å². The Morgan fingerprint density at radius 2 is 2.04 bits per heavy atom. The molecule has 0 saturated carbocycles. The van der Waals surface area contributed by atoms with Gasteiger partial charge in [-0.2, -0.15) is 0 Å². The quantitative estimate of drug-likeness (QED) is 0.674. The average Bonchev–Trinajstić information content (AvgIpc) is 3.18. The Morgan fingerprint density at radius 1 is 1.19 bits per heavy atom. The predicted molar refractivity (Wildman–Crippen MR) is 110 cm³/mol. The Kier molecular flexibility index (Phi) is 4.95. The van der Waals surface area contributed by atoms with E-state index in [0.29, 0.717) is 4.88 Å². The van der Waals surface area contributed by atoms with Gasteiger partial charge >= 0.3 is 0 Å². The third-order valence-corrected chi connectivity index (χ3v) is 6.38. The maximum atomic E-state index is 12.6. The maximum absolute atomic E-state index is 12.6. The molecule has 1 N–H and O–H groups in total. The van der Waals surface area contributed by atoms with Crippen molar-refractivity contribution >= 4 is 45.4 Å². The first-order valence-electron chi connectivity index (χ1n) is 8.60. The van der Waals surface area contributed by atoms with Gasteiger partial charge in [-0.25, -0.2) is 4.98 Å². The van der Waals surface area contributed by atoms with Gasteiger partial charge in [-0.1, -0.05) is 19.1 Å².